The Morgan fingerprint density at radius 2 is 1.96 bits per heavy atom. The van der Waals surface area contributed by atoms with Crippen LogP contribution in [-0.2, 0) is 4.74 Å². The maximum Gasteiger partial charge on any atom is 0.409 e. The highest BCUT2D eigenvalue weighted by Crippen LogP contribution is 2.14. The van der Waals surface area contributed by atoms with E-state index in [1.165, 1.54) is 6.33 Å². The highest BCUT2D eigenvalue weighted by Gasteiger charge is 2.23. The van der Waals surface area contributed by atoms with Crippen LogP contribution in [0.15, 0.2) is 12.4 Å². The topological polar surface area (TPSA) is 87.7 Å². The molecule has 2 rings (SSSR count). The van der Waals surface area contributed by atoms with Gasteiger partial charge in [0.15, 0.2) is 0 Å². The molecule has 0 aliphatic carbocycles. The number of ether oxygens (including phenoxy) is 1. The van der Waals surface area contributed by atoms with Gasteiger partial charge in [-0.05, 0) is 13.3 Å². The minimum Gasteiger partial charge on any atom is -0.450 e. The third kappa shape index (κ3) is 4.81. The van der Waals surface area contributed by atoms with Crippen molar-refractivity contribution in [2.45, 2.75) is 26.7 Å². The van der Waals surface area contributed by atoms with Crippen LogP contribution in [0.4, 0.5) is 10.6 Å². The predicted octanol–water partition coefficient (Wildman–Crippen LogP) is 1.28. The van der Waals surface area contributed by atoms with Crippen LogP contribution in [0.5, 0.6) is 0 Å². The maximum absolute atomic E-state index is 12.1. The summed E-state index contributed by atoms with van der Waals surface area (Å²) in [5, 5.41) is 2.85. The third-order valence-corrected chi connectivity index (χ3v) is 3.83. The number of aromatic nitrogens is 2. The molecule has 24 heavy (non-hydrogen) atoms. The number of amides is 2. The number of unbranched alkanes of at least 4 members (excludes halogenated alkanes) is 1. The average molecular weight is 335 g/mol. The van der Waals surface area contributed by atoms with E-state index in [-0.39, 0.29) is 12.0 Å². The van der Waals surface area contributed by atoms with Gasteiger partial charge < -0.3 is 19.9 Å². The van der Waals surface area contributed by atoms with Crippen molar-refractivity contribution in [1.29, 1.82) is 0 Å². The van der Waals surface area contributed by atoms with Gasteiger partial charge in [0.2, 0.25) is 0 Å². The lowest BCUT2D eigenvalue weighted by Crippen LogP contribution is -2.49. The van der Waals surface area contributed by atoms with Crippen LogP contribution in [0.2, 0.25) is 0 Å². The van der Waals surface area contributed by atoms with E-state index >= 15 is 0 Å². The second-order valence-electron chi connectivity index (χ2n) is 5.54. The fraction of sp³-hybridized carbons (Fsp3) is 0.625. The number of rotatable bonds is 6. The first-order valence-corrected chi connectivity index (χ1v) is 8.42. The van der Waals surface area contributed by atoms with Crippen molar-refractivity contribution in [1.82, 2.24) is 20.2 Å². The summed E-state index contributed by atoms with van der Waals surface area (Å²) in [5.74, 6) is 0.520. The van der Waals surface area contributed by atoms with E-state index < -0.39 is 0 Å². The summed E-state index contributed by atoms with van der Waals surface area (Å²) in [5.41, 5.74) is 0.365. The van der Waals surface area contributed by atoms with Crippen LogP contribution in [0, 0.1) is 0 Å². The Morgan fingerprint density at radius 1 is 1.21 bits per heavy atom. The zero-order chi connectivity index (χ0) is 17.4. The minimum atomic E-state index is -0.282. The summed E-state index contributed by atoms with van der Waals surface area (Å²) < 4.78 is 5.01. The molecule has 1 aromatic rings. The number of hydrogen-bond acceptors (Lipinski definition) is 6. The van der Waals surface area contributed by atoms with Gasteiger partial charge in [0, 0.05) is 38.8 Å². The Balaban J connectivity index is 1.92. The van der Waals surface area contributed by atoms with Gasteiger partial charge in [0.1, 0.15) is 17.8 Å². The Morgan fingerprint density at radius 3 is 2.62 bits per heavy atom. The summed E-state index contributed by atoms with van der Waals surface area (Å²) in [4.78, 5) is 35.8. The van der Waals surface area contributed by atoms with E-state index in [4.69, 9.17) is 4.74 Å². The molecule has 1 aromatic heterocycles. The van der Waals surface area contributed by atoms with Crippen molar-refractivity contribution < 1.29 is 14.3 Å². The van der Waals surface area contributed by atoms with Crippen LogP contribution in [0.3, 0.4) is 0 Å². The molecule has 1 aliphatic rings. The predicted molar refractivity (Wildman–Crippen MR) is 90.1 cm³/mol. The second kappa shape index (κ2) is 9.05. The smallest absolute Gasteiger partial charge is 0.409 e. The molecule has 1 N–H and O–H groups in total. The molecule has 132 valence electrons. The van der Waals surface area contributed by atoms with Crippen LogP contribution in [0.25, 0.3) is 0 Å². The first-order valence-electron chi connectivity index (χ1n) is 8.42. The fourth-order valence-corrected chi connectivity index (χ4v) is 2.45. The molecule has 1 aliphatic heterocycles. The average Bonchev–Trinajstić information content (AvgIpc) is 2.62. The lowest BCUT2D eigenvalue weighted by Gasteiger charge is -2.34. The van der Waals surface area contributed by atoms with Crippen molar-refractivity contribution in [3.8, 4) is 0 Å². The van der Waals surface area contributed by atoms with Crippen LogP contribution < -0.4 is 10.2 Å². The molecule has 0 spiro atoms. The number of hydrogen-bond donors (Lipinski definition) is 1. The monoisotopic (exact) mass is 335 g/mol. The molecular weight excluding hydrogens is 310 g/mol. The maximum atomic E-state index is 12.1. The SMILES string of the molecule is CCCCNC(=O)c1cc(N2CCN(C(=O)OCC)CC2)ncn1. The standard InChI is InChI=1S/C16H25N5O3/c1-3-5-6-17-15(22)13-11-14(19-12-18-13)20-7-9-21(10-8-20)16(23)24-4-2/h11-12H,3-10H2,1-2H3,(H,17,22). The zero-order valence-electron chi connectivity index (χ0n) is 14.3. The highest BCUT2D eigenvalue weighted by atomic mass is 16.6. The molecule has 0 aromatic carbocycles. The van der Waals surface area contributed by atoms with Gasteiger partial charge in [-0.1, -0.05) is 13.3 Å². The number of piperazine rings is 1. The quantitative estimate of drug-likeness (QED) is 0.788. The van der Waals surface area contributed by atoms with E-state index in [9.17, 15) is 9.59 Å². The van der Waals surface area contributed by atoms with Crippen molar-refractivity contribution in [2.24, 2.45) is 0 Å². The van der Waals surface area contributed by atoms with E-state index in [0.717, 1.165) is 12.8 Å². The molecule has 0 radical (unpaired) electrons. The Kier molecular flexibility index (Phi) is 6.77. The molecule has 0 unspecified atom stereocenters. The van der Waals surface area contributed by atoms with Gasteiger partial charge in [-0.3, -0.25) is 4.79 Å². The number of nitrogens with one attached hydrogen (secondary N) is 1. The van der Waals surface area contributed by atoms with E-state index in [1.807, 2.05) is 4.90 Å². The molecule has 1 fully saturated rings. The van der Waals surface area contributed by atoms with Crippen LogP contribution in [-0.4, -0.2) is 66.2 Å². The molecule has 0 atom stereocenters. The number of anilines is 1. The van der Waals surface area contributed by atoms with E-state index in [1.54, 1.807) is 17.9 Å². The minimum absolute atomic E-state index is 0.183. The normalized spacial score (nSPS) is 14.4. The molecule has 8 heteroatoms. The largest absolute Gasteiger partial charge is 0.450 e. The lowest BCUT2D eigenvalue weighted by atomic mass is 10.3. The van der Waals surface area contributed by atoms with E-state index in [0.29, 0.717) is 50.8 Å². The van der Waals surface area contributed by atoms with Gasteiger partial charge in [-0.15, -0.1) is 0 Å². The van der Waals surface area contributed by atoms with Crippen molar-refractivity contribution >= 4 is 17.8 Å². The van der Waals surface area contributed by atoms with Crippen molar-refractivity contribution in [2.75, 3.05) is 44.2 Å². The molecule has 8 nitrogen and oxygen atoms in total. The van der Waals surface area contributed by atoms with Gasteiger partial charge in [0.05, 0.1) is 6.61 Å². The molecule has 0 bridgehead atoms. The summed E-state index contributed by atoms with van der Waals surface area (Å²) in [6, 6.07) is 1.70. The van der Waals surface area contributed by atoms with E-state index in [2.05, 4.69) is 22.2 Å². The van der Waals surface area contributed by atoms with Gasteiger partial charge in [0.25, 0.3) is 5.91 Å². The highest BCUT2D eigenvalue weighted by molar-refractivity contribution is 5.92. The molecule has 2 heterocycles. The van der Waals surface area contributed by atoms with Crippen molar-refractivity contribution in [3.63, 3.8) is 0 Å². The first kappa shape index (κ1) is 18.0. The molecule has 1 saturated heterocycles. The van der Waals surface area contributed by atoms with Gasteiger partial charge >= 0.3 is 6.09 Å². The van der Waals surface area contributed by atoms with Crippen molar-refractivity contribution in [3.05, 3.63) is 18.1 Å². The van der Waals surface area contributed by atoms with Crippen LogP contribution in [0.1, 0.15) is 37.2 Å². The Labute approximate surface area is 142 Å². The first-order chi connectivity index (χ1) is 11.7. The fourth-order valence-electron chi connectivity index (χ4n) is 2.45. The van der Waals surface area contributed by atoms with Gasteiger partial charge in [-0.2, -0.15) is 0 Å². The number of carbonyl (C=O) groups excluding carboxylic acids is 2. The van der Waals surface area contributed by atoms with Crippen LogP contribution >= 0.6 is 0 Å². The summed E-state index contributed by atoms with van der Waals surface area (Å²) >= 11 is 0. The number of carbonyl (C=O) groups is 2. The zero-order valence-corrected chi connectivity index (χ0v) is 14.3. The molecule has 0 saturated carbocycles. The molecular formula is C16H25N5O3. The number of nitrogens with zero attached hydrogens (tertiary/aromatic N) is 4. The summed E-state index contributed by atoms with van der Waals surface area (Å²) in [6.45, 7) is 7.32. The Hall–Kier alpha value is -2.38. The molecule has 2 amide bonds. The summed E-state index contributed by atoms with van der Waals surface area (Å²) in [6.07, 6.45) is 3.09. The second-order valence-corrected chi connectivity index (χ2v) is 5.54. The Bertz CT molecular complexity index is 558. The summed E-state index contributed by atoms with van der Waals surface area (Å²) in [7, 11) is 0. The van der Waals surface area contributed by atoms with Gasteiger partial charge in [-0.25, -0.2) is 14.8 Å². The lowest BCUT2D eigenvalue weighted by molar-refractivity contribution is 0.0948. The third-order valence-electron chi connectivity index (χ3n) is 3.83.